The van der Waals surface area contributed by atoms with Gasteiger partial charge in [-0.25, -0.2) is 4.79 Å². The first-order valence-corrected chi connectivity index (χ1v) is 12.5. The quantitative estimate of drug-likeness (QED) is 0.227. The van der Waals surface area contributed by atoms with Gasteiger partial charge in [-0.3, -0.25) is 0 Å². The highest BCUT2D eigenvalue weighted by Crippen LogP contribution is 2.39. The number of hydrogen-bond donors (Lipinski definition) is 0. The number of rotatable bonds is 12. The van der Waals surface area contributed by atoms with Crippen LogP contribution in [-0.4, -0.2) is 74.8 Å². The number of nitrogens with zero attached hydrogens (tertiary/aromatic N) is 1. The van der Waals surface area contributed by atoms with E-state index < -0.39 is 24.2 Å². The van der Waals surface area contributed by atoms with Crippen LogP contribution in [0.5, 0.6) is 0 Å². The molecule has 1 saturated heterocycles. The summed E-state index contributed by atoms with van der Waals surface area (Å²) in [5.74, 6) is -1.51. The van der Waals surface area contributed by atoms with Crippen molar-refractivity contribution in [3.05, 3.63) is 24.0 Å². The Morgan fingerprint density at radius 2 is 1.91 bits per heavy atom. The summed E-state index contributed by atoms with van der Waals surface area (Å²) in [5.41, 5.74) is 0.415. The second-order valence-electron chi connectivity index (χ2n) is 10.7. The van der Waals surface area contributed by atoms with Crippen LogP contribution in [0, 0.1) is 17.8 Å². The first-order chi connectivity index (χ1) is 16.3. The lowest BCUT2D eigenvalue weighted by molar-refractivity contribution is -0.286. The highest BCUT2D eigenvalue weighted by atomic mass is 16.7. The van der Waals surface area contributed by atoms with E-state index in [2.05, 4.69) is 11.5 Å². The molecule has 2 aliphatic heterocycles. The molecule has 0 bridgehead atoms. The Morgan fingerprint density at radius 1 is 1.26 bits per heavy atom. The van der Waals surface area contributed by atoms with Crippen LogP contribution >= 0.6 is 0 Å². The third-order valence-corrected chi connectivity index (χ3v) is 6.93. The molecule has 0 aromatic rings. The zero-order chi connectivity index (χ0) is 26.5. The van der Waals surface area contributed by atoms with Gasteiger partial charge in [-0.1, -0.05) is 19.9 Å². The van der Waals surface area contributed by atoms with Crippen molar-refractivity contribution in [2.75, 3.05) is 21.2 Å². The Kier molecular flexibility index (Phi) is 10.5. The second-order valence-corrected chi connectivity index (χ2v) is 10.7. The van der Waals surface area contributed by atoms with Crippen LogP contribution in [-0.2, 0) is 33.3 Å². The third kappa shape index (κ3) is 7.38. The van der Waals surface area contributed by atoms with E-state index in [4.69, 9.17) is 23.7 Å². The van der Waals surface area contributed by atoms with E-state index in [0.717, 1.165) is 12.7 Å². The molecule has 8 nitrogen and oxygen atoms in total. The van der Waals surface area contributed by atoms with E-state index in [1.807, 2.05) is 40.9 Å². The number of carbonyl (C=O) groups is 2. The van der Waals surface area contributed by atoms with Crippen LogP contribution in [0.15, 0.2) is 24.0 Å². The summed E-state index contributed by atoms with van der Waals surface area (Å²) in [7, 11) is 5.71. The number of ether oxygens (including phenoxy) is 5. The number of aldehydes is 1. The van der Waals surface area contributed by atoms with Gasteiger partial charge in [0, 0.05) is 38.8 Å². The van der Waals surface area contributed by atoms with Crippen LogP contribution in [0.4, 0.5) is 0 Å². The lowest BCUT2D eigenvalue weighted by Crippen LogP contribution is -2.56. The maximum atomic E-state index is 12.6. The molecule has 200 valence electrons. The van der Waals surface area contributed by atoms with Gasteiger partial charge in [0.2, 0.25) is 5.79 Å². The van der Waals surface area contributed by atoms with Crippen molar-refractivity contribution in [2.45, 2.75) is 97.2 Å². The Bertz CT molecular complexity index is 777. The summed E-state index contributed by atoms with van der Waals surface area (Å²) in [6.45, 7) is 15.0. The maximum absolute atomic E-state index is 12.6. The fourth-order valence-electron chi connectivity index (χ4n) is 5.15. The lowest BCUT2D eigenvalue weighted by Gasteiger charge is -2.46. The first kappa shape index (κ1) is 29.5. The average molecular weight is 496 g/mol. The molecular weight excluding hydrogens is 450 g/mol. The minimum Gasteiger partial charge on any atom is -0.456 e. The largest absolute Gasteiger partial charge is 0.456 e. The molecule has 2 heterocycles. The van der Waals surface area contributed by atoms with Crippen molar-refractivity contribution in [1.82, 2.24) is 4.90 Å². The fourth-order valence-corrected chi connectivity index (χ4v) is 5.15. The summed E-state index contributed by atoms with van der Waals surface area (Å²) in [6, 6.07) is 0.109. The number of likely N-dealkylation sites (N-methyl/N-ethyl adjacent to an activating group) is 1. The normalized spacial score (nSPS) is 30.2. The Balaban J connectivity index is 2.50. The summed E-state index contributed by atoms with van der Waals surface area (Å²) < 4.78 is 30.5. The van der Waals surface area contributed by atoms with Gasteiger partial charge in [0.1, 0.15) is 18.1 Å². The zero-order valence-corrected chi connectivity index (χ0v) is 22.9. The van der Waals surface area contributed by atoms with Crippen molar-refractivity contribution >= 4 is 12.3 Å². The van der Waals surface area contributed by atoms with Crippen molar-refractivity contribution in [1.29, 1.82) is 0 Å². The van der Waals surface area contributed by atoms with Crippen LogP contribution in [0.1, 0.15) is 60.8 Å². The number of esters is 1. The summed E-state index contributed by atoms with van der Waals surface area (Å²) in [5, 5.41) is 0. The van der Waals surface area contributed by atoms with Gasteiger partial charge in [0.25, 0.3) is 0 Å². The fraction of sp³-hybridized carbons (Fsp3) is 0.778. The van der Waals surface area contributed by atoms with Gasteiger partial charge >= 0.3 is 5.97 Å². The summed E-state index contributed by atoms with van der Waals surface area (Å²) >= 11 is 0. The van der Waals surface area contributed by atoms with E-state index >= 15 is 0 Å². The zero-order valence-electron chi connectivity index (χ0n) is 22.9. The third-order valence-electron chi connectivity index (χ3n) is 6.93. The summed E-state index contributed by atoms with van der Waals surface area (Å²) in [4.78, 5) is 26.3. The molecule has 2 rings (SSSR count). The van der Waals surface area contributed by atoms with E-state index in [-0.39, 0.29) is 36.0 Å². The molecule has 1 fully saturated rings. The van der Waals surface area contributed by atoms with E-state index in [1.165, 1.54) is 0 Å². The molecule has 0 N–H and O–H groups in total. The lowest BCUT2D eigenvalue weighted by atomic mass is 9.81. The Labute approximate surface area is 210 Å². The van der Waals surface area contributed by atoms with Crippen LogP contribution in [0.3, 0.4) is 0 Å². The van der Waals surface area contributed by atoms with Gasteiger partial charge in [-0.2, -0.15) is 0 Å². The molecule has 0 spiro atoms. The number of carbonyl (C=O) groups excluding carboxylic acids is 2. The van der Waals surface area contributed by atoms with Crippen molar-refractivity contribution in [2.24, 2.45) is 17.8 Å². The Hall–Kier alpha value is -1.74. The minimum absolute atomic E-state index is 0.0256. The van der Waals surface area contributed by atoms with Crippen molar-refractivity contribution < 1.29 is 33.3 Å². The summed E-state index contributed by atoms with van der Waals surface area (Å²) in [6.07, 6.45) is 3.44. The second kappa shape index (κ2) is 12.5. The SMILES string of the molecule is C=CC[C@@H](C[C@@H](C)C=O)[C@H](O[C@@H]1O[C@H](C)CC(N(C)C)C1OC)[C@@H](C)C1=C(C)C(=O)OC(C)(C)O1. The highest BCUT2D eigenvalue weighted by Gasteiger charge is 2.45. The molecule has 0 aromatic carbocycles. The standard InChI is InChI=1S/C27H45NO7/c1-11-12-20(13-16(2)15-29)23(18(4)22-19(5)25(30)35-27(6,7)34-22)33-26-24(31-10)21(28(8)9)14-17(3)32-26/h11,15-18,20-21,23-24,26H,1,12-14H2,2-10H3/t16-,17-,18+,20+,21?,23-,24?,26+/m1/s1. The molecule has 0 aliphatic carbocycles. The molecule has 2 aliphatic rings. The smallest absolute Gasteiger partial charge is 0.340 e. The van der Waals surface area contributed by atoms with Crippen molar-refractivity contribution in [3.63, 3.8) is 0 Å². The predicted molar refractivity (Wildman–Crippen MR) is 133 cm³/mol. The molecule has 0 radical (unpaired) electrons. The minimum atomic E-state index is -1.09. The molecule has 2 unspecified atom stereocenters. The van der Waals surface area contributed by atoms with Gasteiger partial charge in [0.15, 0.2) is 6.29 Å². The van der Waals surface area contributed by atoms with E-state index in [9.17, 15) is 9.59 Å². The molecule has 0 saturated carbocycles. The number of cyclic esters (lactones) is 1. The maximum Gasteiger partial charge on any atom is 0.340 e. The van der Waals surface area contributed by atoms with E-state index in [1.54, 1.807) is 27.9 Å². The molecule has 0 amide bonds. The van der Waals surface area contributed by atoms with E-state index in [0.29, 0.717) is 24.2 Å². The van der Waals surface area contributed by atoms with Gasteiger partial charge in [0.05, 0.1) is 17.8 Å². The predicted octanol–water partition coefficient (Wildman–Crippen LogP) is 4.09. The first-order valence-electron chi connectivity index (χ1n) is 12.5. The van der Waals surface area contributed by atoms with Gasteiger partial charge in [-0.05, 0) is 53.1 Å². The van der Waals surface area contributed by atoms with Crippen LogP contribution in [0.2, 0.25) is 0 Å². The molecular formula is C27H45NO7. The topological polar surface area (TPSA) is 83.5 Å². The average Bonchev–Trinajstić information content (AvgIpc) is 2.78. The molecule has 8 heteroatoms. The van der Waals surface area contributed by atoms with Crippen molar-refractivity contribution in [3.8, 4) is 0 Å². The molecule has 8 atom stereocenters. The highest BCUT2D eigenvalue weighted by molar-refractivity contribution is 5.89. The van der Waals surface area contributed by atoms with Crippen LogP contribution < -0.4 is 0 Å². The number of methoxy groups -OCH3 is 1. The van der Waals surface area contributed by atoms with Gasteiger partial charge < -0.3 is 33.4 Å². The number of allylic oxidation sites excluding steroid dienone is 1. The van der Waals surface area contributed by atoms with Gasteiger partial charge in [-0.15, -0.1) is 6.58 Å². The Morgan fingerprint density at radius 3 is 2.46 bits per heavy atom. The molecule has 35 heavy (non-hydrogen) atoms. The number of hydrogen-bond acceptors (Lipinski definition) is 8. The monoisotopic (exact) mass is 495 g/mol. The van der Waals surface area contributed by atoms with Crippen LogP contribution in [0.25, 0.3) is 0 Å². The molecule has 0 aromatic heterocycles.